The Labute approximate surface area is 287 Å². The molecule has 0 saturated heterocycles. The van der Waals surface area contributed by atoms with E-state index in [4.69, 9.17) is 9.47 Å². The van der Waals surface area contributed by atoms with Gasteiger partial charge in [-0.15, -0.1) is 0 Å². The molecular weight excluding hydrogens is 653 g/mol. The molecule has 11 heteroatoms. The summed E-state index contributed by atoms with van der Waals surface area (Å²) < 4.78 is 68.9. The highest BCUT2D eigenvalue weighted by atomic mass is 32.2. The van der Waals surface area contributed by atoms with E-state index in [1.807, 2.05) is 6.08 Å². The second-order valence-corrected chi connectivity index (χ2v) is 16.9. The fourth-order valence-electron chi connectivity index (χ4n) is 8.16. The predicted octanol–water partition coefficient (Wildman–Crippen LogP) is 7.77. The minimum Gasteiger partial charge on any atom is -0.490 e. The van der Waals surface area contributed by atoms with E-state index in [0.29, 0.717) is 43.6 Å². The van der Waals surface area contributed by atoms with Crippen LogP contribution in [0.2, 0.25) is 0 Å². The topological polar surface area (TPSA) is 85.3 Å². The first-order chi connectivity index (χ1) is 23.4. The molecule has 0 N–H and O–H groups in total. The number of hydrogen-bond acceptors (Lipinski definition) is 6. The number of carbonyl (C=O) groups excluding carboxylic acids is 2. The highest BCUT2D eigenvalue weighted by Gasteiger charge is 2.44. The van der Waals surface area contributed by atoms with Crippen LogP contribution in [-0.2, 0) is 31.1 Å². The first-order valence-corrected chi connectivity index (χ1v) is 19.4. The molecule has 49 heavy (non-hydrogen) atoms. The molecule has 2 aromatic carbocycles. The molecule has 2 aliphatic carbocycles. The van der Waals surface area contributed by atoms with E-state index in [0.717, 1.165) is 44.3 Å². The van der Waals surface area contributed by atoms with E-state index in [2.05, 4.69) is 40.5 Å². The van der Waals surface area contributed by atoms with Crippen molar-refractivity contribution in [3.63, 3.8) is 0 Å². The molecule has 2 aliphatic heterocycles. The van der Waals surface area contributed by atoms with Gasteiger partial charge in [-0.05, 0) is 99.5 Å². The Kier molecular flexibility index (Phi) is 10.6. The number of ketones is 1. The third-order valence-corrected chi connectivity index (χ3v) is 13.0. The van der Waals surface area contributed by atoms with E-state index in [1.54, 1.807) is 25.3 Å². The third-order valence-electron chi connectivity index (χ3n) is 10.8. The van der Waals surface area contributed by atoms with Crippen molar-refractivity contribution in [2.75, 3.05) is 43.2 Å². The standard InChI is InChI=1S/C38H47F3N2O5S/c1-26-11-15-32-27(20-26)8-6-17-37(32)24-43-22-29-12-14-31(29)34(47-2)10-4-3-5-19-49(46,23-30(44)9-7-18-38(39,40)41)42-36(45)28-13-16-35(48-25-37)33(43)21-28/h4,10-11,13,15-16,20-21,29,31,34H,3,5-9,12,14,17-19,22-25H2,1-2H3/b10-4+/t29-,31+,34-,37-,49?/m0/s1. The number of amides is 1. The van der Waals surface area contributed by atoms with Gasteiger partial charge in [0.25, 0.3) is 5.91 Å². The summed E-state index contributed by atoms with van der Waals surface area (Å²) in [5.74, 6) is -0.479. The van der Waals surface area contributed by atoms with Crippen LogP contribution in [0, 0.1) is 18.8 Å². The van der Waals surface area contributed by atoms with Crippen LogP contribution in [0.25, 0.3) is 0 Å². The Hall–Kier alpha value is -3.18. The molecule has 0 radical (unpaired) electrons. The van der Waals surface area contributed by atoms with Gasteiger partial charge in [0, 0.05) is 49.8 Å². The second kappa shape index (κ2) is 14.6. The van der Waals surface area contributed by atoms with Gasteiger partial charge in [-0.25, -0.2) is 4.21 Å². The van der Waals surface area contributed by atoms with Crippen molar-refractivity contribution < 1.29 is 36.4 Å². The van der Waals surface area contributed by atoms with Crippen molar-refractivity contribution in [1.82, 2.24) is 0 Å². The Bertz CT molecular complexity index is 1720. The van der Waals surface area contributed by atoms with E-state index in [1.165, 1.54) is 16.7 Å². The Morgan fingerprint density at radius 2 is 2.00 bits per heavy atom. The molecule has 1 amide bonds. The van der Waals surface area contributed by atoms with Crippen LogP contribution >= 0.6 is 0 Å². The number of aryl methyl sites for hydroxylation is 2. The zero-order valence-corrected chi connectivity index (χ0v) is 29.3. The Morgan fingerprint density at radius 3 is 2.76 bits per heavy atom. The van der Waals surface area contributed by atoms with Gasteiger partial charge in [0.1, 0.15) is 11.5 Å². The van der Waals surface area contributed by atoms with Crippen LogP contribution in [0.5, 0.6) is 5.75 Å². The van der Waals surface area contributed by atoms with Crippen LogP contribution in [0.4, 0.5) is 18.9 Å². The normalized spacial score (nSPS) is 29.4. The lowest BCUT2D eigenvalue weighted by Gasteiger charge is -2.46. The molecule has 266 valence electrons. The van der Waals surface area contributed by atoms with Crippen molar-refractivity contribution in [3.8, 4) is 5.75 Å². The van der Waals surface area contributed by atoms with Crippen LogP contribution in [0.15, 0.2) is 52.9 Å². The molecule has 2 heterocycles. The first-order valence-electron chi connectivity index (χ1n) is 17.5. The number of allylic oxidation sites excluding steroid dienone is 1. The van der Waals surface area contributed by atoms with Gasteiger partial charge in [0.2, 0.25) is 0 Å². The summed E-state index contributed by atoms with van der Waals surface area (Å²) in [6, 6.07) is 11.9. The van der Waals surface area contributed by atoms with Crippen LogP contribution < -0.4 is 9.64 Å². The quantitative estimate of drug-likeness (QED) is 0.287. The van der Waals surface area contributed by atoms with Gasteiger partial charge in [-0.2, -0.15) is 17.5 Å². The average molecular weight is 701 g/mol. The number of benzene rings is 2. The SMILES string of the molecule is CO[C@H]1/C=C/CCCS(=O)(CC(=O)CCCC(F)(F)F)=NC(=O)c2ccc3c(c2)N(C[C@@H]2CC[C@H]21)C[C@@]1(CCCc2cc(C)ccc21)CO3. The Morgan fingerprint density at radius 1 is 1.16 bits per heavy atom. The maximum Gasteiger partial charge on any atom is 0.389 e. The van der Waals surface area contributed by atoms with E-state index in [-0.39, 0.29) is 35.7 Å². The number of anilines is 1. The zero-order chi connectivity index (χ0) is 34.8. The van der Waals surface area contributed by atoms with Crippen LogP contribution in [-0.4, -0.2) is 66.5 Å². The molecule has 1 spiro atoms. The Balaban J connectivity index is 1.37. The van der Waals surface area contributed by atoms with Crippen LogP contribution in [0.3, 0.4) is 0 Å². The molecule has 2 bridgehead atoms. The van der Waals surface area contributed by atoms with Crippen molar-refractivity contribution >= 4 is 27.1 Å². The number of carbonyl (C=O) groups is 2. The van der Waals surface area contributed by atoms with Gasteiger partial charge in [0.05, 0.1) is 33.9 Å². The zero-order valence-electron chi connectivity index (χ0n) is 28.4. The summed E-state index contributed by atoms with van der Waals surface area (Å²) in [6.45, 7) is 4.10. The maximum atomic E-state index is 14.1. The van der Waals surface area contributed by atoms with Crippen molar-refractivity contribution in [3.05, 3.63) is 70.8 Å². The molecule has 1 saturated carbocycles. The lowest BCUT2D eigenvalue weighted by molar-refractivity contribution is -0.136. The summed E-state index contributed by atoms with van der Waals surface area (Å²) in [7, 11) is -1.65. The lowest BCUT2D eigenvalue weighted by atomic mass is 9.68. The number of ether oxygens (including phenoxy) is 2. The molecule has 6 rings (SSSR count). The summed E-state index contributed by atoms with van der Waals surface area (Å²) in [5, 5.41) is 0. The molecule has 2 aromatic rings. The number of rotatable bonds is 6. The van der Waals surface area contributed by atoms with Crippen molar-refractivity contribution in [2.24, 2.45) is 16.2 Å². The third kappa shape index (κ3) is 8.25. The highest BCUT2D eigenvalue weighted by molar-refractivity contribution is 7.94. The largest absolute Gasteiger partial charge is 0.490 e. The summed E-state index contributed by atoms with van der Waals surface area (Å²) in [6.07, 6.45) is 3.88. The fourth-order valence-corrected chi connectivity index (χ4v) is 10.1. The number of methoxy groups -OCH3 is 1. The summed E-state index contributed by atoms with van der Waals surface area (Å²) >= 11 is 0. The van der Waals surface area contributed by atoms with Gasteiger partial charge < -0.3 is 14.4 Å². The summed E-state index contributed by atoms with van der Waals surface area (Å²) in [5.41, 5.74) is 4.70. The predicted molar refractivity (Wildman–Crippen MR) is 185 cm³/mol. The van der Waals surface area contributed by atoms with Crippen LogP contribution in [0.1, 0.15) is 84.8 Å². The van der Waals surface area contributed by atoms with Gasteiger partial charge in [-0.1, -0.05) is 35.9 Å². The van der Waals surface area contributed by atoms with Crippen molar-refractivity contribution in [1.29, 1.82) is 0 Å². The molecular formula is C38H47F3N2O5S. The fraction of sp³-hybridized carbons (Fsp3) is 0.579. The summed E-state index contributed by atoms with van der Waals surface area (Å²) in [4.78, 5) is 28.9. The molecule has 5 atom stereocenters. The minimum absolute atomic E-state index is 0.0145. The molecule has 1 fully saturated rings. The number of Topliss-reactive ketones (excluding diaryl/α,β-unsaturated/α-hetero) is 1. The first kappa shape index (κ1) is 35.6. The highest BCUT2D eigenvalue weighted by Crippen LogP contribution is 2.47. The number of hydrogen-bond donors (Lipinski definition) is 0. The van der Waals surface area contributed by atoms with Crippen molar-refractivity contribution in [2.45, 2.75) is 88.8 Å². The number of nitrogens with zero attached hydrogens (tertiary/aromatic N) is 2. The van der Waals surface area contributed by atoms with E-state index in [9.17, 15) is 27.0 Å². The molecule has 7 nitrogen and oxygen atoms in total. The van der Waals surface area contributed by atoms with Gasteiger partial charge in [0.15, 0.2) is 0 Å². The second-order valence-electron chi connectivity index (χ2n) is 14.4. The smallest absolute Gasteiger partial charge is 0.389 e. The molecule has 4 aliphatic rings. The monoisotopic (exact) mass is 700 g/mol. The van der Waals surface area contributed by atoms with Gasteiger partial charge >= 0.3 is 6.18 Å². The van der Waals surface area contributed by atoms with Gasteiger partial charge in [-0.3, -0.25) is 9.59 Å². The van der Waals surface area contributed by atoms with E-state index < -0.39 is 39.8 Å². The number of halogens is 3. The number of fused-ring (bicyclic) bond motifs is 4. The molecule has 1 unspecified atom stereocenters. The van der Waals surface area contributed by atoms with E-state index >= 15 is 0 Å². The molecule has 0 aromatic heterocycles. The average Bonchev–Trinajstić information content (AvgIpc) is 3.17. The number of alkyl halides is 3. The maximum absolute atomic E-state index is 14.1. The lowest BCUT2D eigenvalue weighted by Crippen LogP contribution is -2.49. The minimum atomic E-state index is -4.38.